The van der Waals surface area contributed by atoms with Crippen LogP contribution in [0.4, 0.5) is 5.69 Å². The molecule has 0 heterocycles. The molecule has 0 bridgehead atoms. The number of ether oxygens (including phenoxy) is 2. The van der Waals surface area contributed by atoms with Crippen LogP contribution in [0.2, 0.25) is 0 Å². The highest BCUT2D eigenvalue weighted by Gasteiger charge is 2.41. The summed E-state index contributed by atoms with van der Waals surface area (Å²) < 4.78 is 11.1. The number of anilines is 1. The fraction of sp³-hybridized carbons (Fsp3) is 0.480. The van der Waals surface area contributed by atoms with Crippen molar-refractivity contribution < 1.29 is 14.3 Å². The molecule has 0 aliphatic heterocycles. The van der Waals surface area contributed by atoms with Crippen LogP contribution in [0.25, 0.3) is 0 Å². The second-order valence-electron chi connectivity index (χ2n) is 8.01. The number of benzene rings is 2. The molecule has 0 atom stereocenters. The summed E-state index contributed by atoms with van der Waals surface area (Å²) in [6, 6.07) is 13.9. The van der Waals surface area contributed by atoms with E-state index in [-0.39, 0.29) is 5.91 Å². The van der Waals surface area contributed by atoms with E-state index in [1.54, 1.807) is 7.11 Å². The maximum Gasteiger partial charge on any atom is 0.235 e. The van der Waals surface area contributed by atoms with Crippen molar-refractivity contribution in [2.75, 3.05) is 19.0 Å². The summed E-state index contributed by atoms with van der Waals surface area (Å²) in [6.45, 7) is 4.90. The Morgan fingerprint density at radius 1 is 1.07 bits per heavy atom. The van der Waals surface area contributed by atoms with Gasteiger partial charge in [-0.3, -0.25) is 4.79 Å². The first-order valence-corrected chi connectivity index (χ1v) is 10.8. The minimum Gasteiger partial charge on any atom is -0.497 e. The quantitative estimate of drug-likeness (QED) is 0.556. The van der Waals surface area contributed by atoms with E-state index in [2.05, 4.69) is 12.2 Å². The van der Waals surface area contributed by atoms with Crippen molar-refractivity contribution in [3.8, 4) is 11.5 Å². The van der Waals surface area contributed by atoms with Crippen LogP contribution in [-0.4, -0.2) is 19.6 Å². The van der Waals surface area contributed by atoms with Gasteiger partial charge in [0.1, 0.15) is 11.5 Å². The van der Waals surface area contributed by atoms with Crippen molar-refractivity contribution in [1.29, 1.82) is 0 Å². The molecule has 1 amide bonds. The molecule has 1 fully saturated rings. The van der Waals surface area contributed by atoms with E-state index in [1.165, 1.54) is 6.42 Å². The van der Waals surface area contributed by atoms with Crippen LogP contribution in [0.1, 0.15) is 63.0 Å². The van der Waals surface area contributed by atoms with E-state index in [1.807, 2.05) is 49.4 Å². The lowest BCUT2D eigenvalue weighted by atomic mass is 9.68. The van der Waals surface area contributed by atoms with Crippen LogP contribution in [0.3, 0.4) is 0 Å². The summed E-state index contributed by atoms with van der Waals surface area (Å²) in [5, 5.41) is 3.19. The van der Waals surface area contributed by atoms with E-state index >= 15 is 0 Å². The molecule has 2 aromatic rings. The van der Waals surface area contributed by atoms with Gasteiger partial charge < -0.3 is 14.8 Å². The molecule has 2 aromatic carbocycles. The van der Waals surface area contributed by atoms with Gasteiger partial charge in [-0.2, -0.15) is 0 Å². The van der Waals surface area contributed by atoms with Crippen LogP contribution in [-0.2, 0) is 10.2 Å². The molecule has 29 heavy (non-hydrogen) atoms. The van der Waals surface area contributed by atoms with Gasteiger partial charge in [0.05, 0.1) is 19.1 Å². The number of carbonyl (C=O) groups excluding carboxylic acids is 1. The average molecular weight is 396 g/mol. The number of unbranched alkanes of at least 4 members (excludes halogenated alkanes) is 1. The SMILES string of the molecule is CCCCOc1ccc(NC(=O)C2(c3ccc(OC)cc3)CCCCC2)cc1C. The van der Waals surface area contributed by atoms with Gasteiger partial charge in [0.25, 0.3) is 0 Å². The van der Waals surface area contributed by atoms with E-state index < -0.39 is 5.41 Å². The molecule has 0 spiro atoms. The maximum atomic E-state index is 13.5. The molecule has 0 aromatic heterocycles. The average Bonchev–Trinajstić information content (AvgIpc) is 2.76. The second-order valence-corrected chi connectivity index (χ2v) is 8.01. The number of methoxy groups -OCH3 is 1. The summed E-state index contributed by atoms with van der Waals surface area (Å²) in [7, 11) is 1.66. The number of nitrogens with one attached hydrogen (secondary N) is 1. The lowest BCUT2D eigenvalue weighted by Crippen LogP contribution is -2.42. The second kappa shape index (κ2) is 9.82. The molecule has 0 radical (unpaired) electrons. The topological polar surface area (TPSA) is 47.6 Å². The Morgan fingerprint density at radius 3 is 2.41 bits per heavy atom. The van der Waals surface area contributed by atoms with Gasteiger partial charge in [-0.15, -0.1) is 0 Å². The Hall–Kier alpha value is -2.49. The predicted molar refractivity (Wildman–Crippen MR) is 118 cm³/mol. The van der Waals surface area contributed by atoms with Crippen LogP contribution in [0.15, 0.2) is 42.5 Å². The first-order chi connectivity index (χ1) is 14.1. The number of hydrogen-bond donors (Lipinski definition) is 1. The third-order valence-corrected chi connectivity index (χ3v) is 5.97. The van der Waals surface area contributed by atoms with E-state index in [0.29, 0.717) is 0 Å². The molecule has 1 N–H and O–H groups in total. The third kappa shape index (κ3) is 4.92. The summed E-state index contributed by atoms with van der Waals surface area (Å²) in [6.07, 6.45) is 7.24. The fourth-order valence-electron chi connectivity index (χ4n) is 4.18. The van der Waals surface area contributed by atoms with Crippen molar-refractivity contribution in [3.63, 3.8) is 0 Å². The molecule has 1 saturated carbocycles. The Balaban J connectivity index is 1.79. The van der Waals surface area contributed by atoms with Gasteiger partial charge in [-0.1, -0.05) is 44.7 Å². The van der Waals surface area contributed by atoms with Crippen molar-refractivity contribution in [2.24, 2.45) is 0 Å². The highest BCUT2D eigenvalue weighted by Crippen LogP contribution is 2.41. The molecule has 0 unspecified atom stereocenters. The van der Waals surface area contributed by atoms with Gasteiger partial charge in [-0.25, -0.2) is 0 Å². The number of aryl methyl sites for hydroxylation is 1. The van der Waals surface area contributed by atoms with Crippen molar-refractivity contribution >= 4 is 11.6 Å². The molecule has 4 nitrogen and oxygen atoms in total. The minimum absolute atomic E-state index is 0.0846. The molecule has 4 heteroatoms. The Labute approximate surface area is 174 Å². The molecular formula is C25H33NO3. The zero-order valence-corrected chi connectivity index (χ0v) is 17.9. The van der Waals surface area contributed by atoms with Gasteiger partial charge in [0, 0.05) is 5.69 Å². The zero-order valence-electron chi connectivity index (χ0n) is 17.9. The third-order valence-electron chi connectivity index (χ3n) is 5.97. The smallest absolute Gasteiger partial charge is 0.235 e. The first-order valence-electron chi connectivity index (χ1n) is 10.8. The Morgan fingerprint density at radius 2 is 1.79 bits per heavy atom. The molecule has 156 valence electrons. The Kier molecular flexibility index (Phi) is 7.18. The fourth-order valence-corrected chi connectivity index (χ4v) is 4.18. The van der Waals surface area contributed by atoms with E-state index in [4.69, 9.17) is 9.47 Å². The standard InChI is InChI=1S/C25H33NO3/c1-4-5-17-29-23-14-11-21(18-19(23)2)26-24(27)25(15-7-6-8-16-25)20-9-12-22(28-3)13-10-20/h9-14,18H,4-8,15-17H2,1-3H3,(H,26,27). The van der Waals surface area contributed by atoms with Crippen LogP contribution in [0, 0.1) is 6.92 Å². The molecule has 3 rings (SSSR count). The van der Waals surface area contributed by atoms with E-state index in [0.717, 1.165) is 73.4 Å². The van der Waals surface area contributed by atoms with Gasteiger partial charge in [0.15, 0.2) is 0 Å². The molecule has 1 aliphatic rings. The summed E-state index contributed by atoms with van der Waals surface area (Å²) in [4.78, 5) is 13.5. The summed E-state index contributed by atoms with van der Waals surface area (Å²) in [5.74, 6) is 1.79. The zero-order chi connectivity index (χ0) is 20.7. The minimum atomic E-state index is -0.477. The van der Waals surface area contributed by atoms with Gasteiger partial charge >= 0.3 is 0 Å². The maximum absolute atomic E-state index is 13.5. The summed E-state index contributed by atoms with van der Waals surface area (Å²) >= 11 is 0. The van der Waals surface area contributed by atoms with Crippen molar-refractivity contribution in [2.45, 2.75) is 64.2 Å². The van der Waals surface area contributed by atoms with Crippen LogP contribution in [0.5, 0.6) is 11.5 Å². The van der Waals surface area contributed by atoms with Crippen molar-refractivity contribution in [3.05, 3.63) is 53.6 Å². The van der Waals surface area contributed by atoms with Gasteiger partial charge in [-0.05, 0) is 67.6 Å². The normalized spacial score (nSPS) is 15.6. The Bertz CT molecular complexity index is 807. The molecular weight excluding hydrogens is 362 g/mol. The first kappa shape index (κ1) is 21.2. The highest BCUT2D eigenvalue weighted by atomic mass is 16.5. The van der Waals surface area contributed by atoms with Crippen molar-refractivity contribution in [1.82, 2.24) is 0 Å². The monoisotopic (exact) mass is 395 g/mol. The number of amides is 1. The van der Waals surface area contributed by atoms with Crippen LogP contribution >= 0.6 is 0 Å². The largest absolute Gasteiger partial charge is 0.497 e. The summed E-state index contributed by atoms with van der Waals surface area (Å²) in [5.41, 5.74) is 2.47. The number of carbonyl (C=O) groups is 1. The number of rotatable bonds is 8. The predicted octanol–water partition coefficient (Wildman–Crippen LogP) is 6.02. The van der Waals surface area contributed by atoms with E-state index in [9.17, 15) is 4.79 Å². The van der Waals surface area contributed by atoms with Gasteiger partial charge in [0.2, 0.25) is 5.91 Å². The highest BCUT2D eigenvalue weighted by molar-refractivity contribution is 5.99. The lowest BCUT2D eigenvalue weighted by molar-refractivity contribution is -0.122. The van der Waals surface area contributed by atoms with Crippen LogP contribution < -0.4 is 14.8 Å². The molecule has 0 saturated heterocycles. The number of hydrogen-bond acceptors (Lipinski definition) is 3. The molecule has 1 aliphatic carbocycles. The lowest BCUT2D eigenvalue weighted by Gasteiger charge is -2.36.